The van der Waals surface area contributed by atoms with E-state index in [1.54, 1.807) is 0 Å². The molecule has 0 saturated carbocycles. The molecule has 3 heterocycles. The fourth-order valence-corrected chi connectivity index (χ4v) is 3.08. The third-order valence-electron chi connectivity index (χ3n) is 4.01. The van der Waals surface area contributed by atoms with Gasteiger partial charge < -0.3 is 15.0 Å². The second-order valence-corrected chi connectivity index (χ2v) is 5.30. The molecule has 2 aliphatic heterocycles. The van der Waals surface area contributed by atoms with Gasteiger partial charge in [-0.3, -0.25) is 0 Å². The molecule has 5 heteroatoms. The van der Waals surface area contributed by atoms with E-state index in [0.29, 0.717) is 17.7 Å². The van der Waals surface area contributed by atoms with Gasteiger partial charge in [0.2, 0.25) is 0 Å². The van der Waals surface area contributed by atoms with Gasteiger partial charge in [-0.1, -0.05) is 11.2 Å². The van der Waals surface area contributed by atoms with E-state index >= 15 is 0 Å². The number of fused-ring (bicyclic) bond motifs is 2. The van der Waals surface area contributed by atoms with Crippen LogP contribution in [0.25, 0.3) is 11.5 Å². The van der Waals surface area contributed by atoms with E-state index in [4.69, 9.17) is 15.0 Å². The van der Waals surface area contributed by atoms with Crippen molar-refractivity contribution in [1.29, 1.82) is 0 Å². The molecule has 1 aromatic heterocycles. The van der Waals surface area contributed by atoms with Crippen molar-refractivity contribution in [2.75, 3.05) is 5.73 Å². The van der Waals surface area contributed by atoms with E-state index in [1.807, 2.05) is 24.3 Å². The Bertz CT molecular complexity index is 610. The molecular weight excluding hydrogens is 242 g/mol. The Morgan fingerprint density at radius 3 is 2.95 bits per heavy atom. The molecule has 2 aromatic rings. The molecule has 3 unspecified atom stereocenters. The Morgan fingerprint density at radius 2 is 2.21 bits per heavy atom. The van der Waals surface area contributed by atoms with Gasteiger partial charge in [0.05, 0.1) is 18.1 Å². The zero-order valence-electron chi connectivity index (χ0n) is 10.5. The number of nitrogens with two attached hydrogens (primary N) is 1. The number of nitrogens with zero attached hydrogens (tertiary/aromatic N) is 2. The number of hydrogen-bond donors (Lipinski definition) is 1. The second kappa shape index (κ2) is 4.06. The number of hydrogen-bond acceptors (Lipinski definition) is 5. The van der Waals surface area contributed by atoms with Crippen LogP contribution in [0.2, 0.25) is 0 Å². The van der Waals surface area contributed by atoms with Gasteiger partial charge in [-0.25, -0.2) is 0 Å². The third-order valence-corrected chi connectivity index (χ3v) is 4.01. The summed E-state index contributed by atoms with van der Waals surface area (Å²) in [5, 5.41) is 4.12. The van der Waals surface area contributed by atoms with E-state index in [2.05, 4.69) is 10.1 Å². The van der Waals surface area contributed by atoms with E-state index in [9.17, 15) is 0 Å². The summed E-state index contributed by atoms with van der Waals surface area (Å²) in [6.45, 7) is 0. The maximum atomic E-state index is 5.83. The Hall–Kier alpha value is -1.88. The Labute approximate surface area is 110 Å². The van der Waals surface area contributed by atoms with Crippen LogP contribution in [-0.4, -0.2) is 22.3 Å². The minimum Gasteiger partial charge on any atom is -0.399 e. The zero-order valence-corrected chi connectivity index (χ0v) is 10.5. The maximum absolute atomic E-state index is 5.83. The standard InChI is InChI=1S/C14H15N3O2/c15-9-3-1-2-8(6-9)14-16-13(17-19-14)11-7-10-4-5-12(11)18-10/h1-3,6,10-12H,4-5,7,15H2. The SMILES string of the molecule is Nc1cccc(-c2nc(C3CC4CCC3O4)no2)c1. The summed E-state index contributed by atoms with van der Waals surface area (Å²) in [7, 11) is 0. The molecule has 1 aromatic carbocycles. The predicted octanol–water partition coefficient (Wildman–Crippen LogP) is 2.35. The molecule has 2 fully saturated rings. The Kier molecular flexibility index (Phi) is 2.35. The normalized spacial score (nSPS) is 28.9. The number of nitrogen functional groups attached to an aromatic ring is 1. The van der Waals surface area contributed by atoms with Gasteiger partial charge in [0.25, 0.3) is 5.89 Å². The van der Waals surface area contributed by atoms with Gasteiger partial charge in [0.1, 0.15) is 0 Å². The van der Waals surface area contributed by atoms with E-state index in [0.717, 1.165) is 24.2 Å². The number of anilines is 1. The summed E-state index contributed by atoms with van der Waals surface area (Å²) in [5.41, 5.74) is 7.32. The lowest BCUT2D eigenvalue weighted by Gasteiger charge is -2.13. The number of rotatable bonds is 2. The van der Waals surface area contributed by atoms with Crippen molar-refractivity contribution in [3.05, 3.63) is 30.1 Å². The Morgan fingerprint density at radius 1 is 1.26 bits per heavy atom. The average molecular weight is 257 g/mol. The minimum atomic E-state index is 0.274. The summed E-state index contributed by atoms with van der Waals surface area (Å²) in [6.07, 6.45) is 3.96. The lowest BCUT2D eigenvalue weighted by atomic mass is 9.89. The monoisotopic (exact) mass is 257 g/mol. The minimum absolute atomic E-state index is 0.274. The first-order chi connectivity index (χ1) is 9.29. The molecule has 19 heavy (non-hydrogen) atoms. The summed E-state index contributed by atoms with van der Waals surface area (Å²) in [4.78, 5) is 4.51. The molecular formula is C14H15N3O2. The van der Waals surface area contributed by atoms with Gasteiger partial charge in [0, 0.05) is 11.3 Å². The molecule has 5 nitrogen and oxygen atoms in total. The quantitative estimate of drug-likeness (QED) is 0.836. The van der Waals surface area contributed by atoms with Crippen LogP contribution in [0.1, 0.15) is 31.0 Å². The van der Waals surface area contributed by atoms with Crippen LogP contribution in [0.3, 0.4) is 0 Å². The number of benzene rings is 1. The molecule has 0 radical (unpaired) electrons. The third kappa shape index (κ3) is 1.81. The smallest absolute Gasteiger partial charge is 0.258 e. The topological polar surface area (TPSA) is 74.2 Å². The van der Waals surface area contributed by atoms with Gasteiger partial charge in [0.15, 0.2) is 5.82 Å². The van der Waals surface area contributed by atoms with Gasteiger partial charge >= 0.3 is 0 Å². The van der Waals surface area contributed by atoms with Gasteiger partial charge in [-0.15, -0.1) is 0 Å². The summed E-state index contributed by atoms with van der Waals surface area (Å²) >= 11 is 0. The molecule has 2 bridgehead atoms. The highest BCUT2D eigenvalue weighted by Crippen LogP contribution is 2.43. The predicted molar refractivity (Wildman–Crippen MR) is 69.4 cm³/mol. The maximum Gasteiger partial charge on any atom is 0.258 e. The Balaban J connectivity index is 1.63. The summed E-state index contributed by atoms with van der Waals surface area (Å²) in [5.74, 6) is 1.59. The first-order valence-electron chi connectivity index (χ1n) is 6.64. The van der Waals surface area contributed by atoms with Crippen LogP contribution < -0.4 is 5.73 Å². The molecule has 3 atom stereocenters. The van der Waals surface area contributed by atoms with Crippen LogP contribution in [-0.2, 0) is 4.74 Å². The zero-order chi connectivity index (χ0) is 12.8. The largest absolute Gasteiger partial charge is 0.399 e. The van der Waals surface area contributed by atoms with Crippen molar-refractivity contribution in [3.8, 4) is 11.5 Å². The molecule has 98 valence electrons. The first-order valence-corrected chi connectivity index (χ1v) is 6.64. The number of aromatic nitrogens is 2. The summed E-state index contributed by atoms with van der Waals surface area (Å²) in [6, 6.07) is 7.49. The summed E-state index contributed by atoms with van der Waals surface area (Å²) < 4.78 is 11.2. The van der Waals surface area contributed by atoms with E-state index in [-0.39, 0.29) is 12.0 Å². The van der Waals surface area contributed by atoms with Gasteiger partial charge in [-0.2, -0.15) is 4.98 Å². The van der Waals surface area contributed by atoms with Gasteiger partial charge in [-0.05, 0) is 37.5 Å². The number of ether oxygens (including phenoxy) is 1. The van der Waals surface area contributed by atoms with Crippen molar-refractivity contribution in [2.24, 2.45) is 0 Å². The van der Waals surface area contributed by atoms with Crippen molar-refractivity contribution in [2.45, 2.75) is 37.4 Å². The lowest BCUT2D eigenvalue weighted by molar-refractivity contribution is 0.0996. The van der Waals surface area contributed by atoms with E-state index < -0.39 is 0 Å². The highest BCUT2D eigenvalue weighted by molar-refractivity contribution is 5.59. The van der Waals surface area contributed by atoms with Crippen LogP contribution in [0.15, 0.2) is 28.8 Å². The fourth-order valence-electron chi connectivity index (χ4n) is 3.08. The molecule has 2 N–H and O–H groups in total. The molecule has 0 spiro atoms. The molecule has 2 aliphatic rings. The van der Waals surface area contributed by atoms with Crippen LogP contribution >= 0.6 is 0 Å². The molecule has 2 saturated heterocycles. The lowest BCUT2D eigenvalue weighted by Crippen LogP contribution is -2.15. The fraction of sp³-hybridized carbons (Fsp3) is 0.429. The second-order valence-electron chi connectivity index (χ2n) is 5.30. The van der Waals surface area contributed by atoms with E-state index in [1.165, 1.54) is 6.42 Å². The van der Waals surface area contributed by atoms with Crippen LogP contribution in [0, 0.1) is 0 Å². The van der Waals surface area contributed by atoms with Crippen molar-refractivity contribution in [3.63, 3.8) is 0 Å². The molecule has 0 aliphatic carbocycles. The first kappa shape index (κ1) is 11.0. The van der Waals surface area contributed by atoms with Crippen molar-refractivity contribution in [1.82, 2.24) is 10.1 Å². The van der Waals surface area contributed by atoms with Crippen molar-refractivity contribution < 1.29 is 9.26 Å². The highest BCUT2D eigenvalue weighted by atomic mass is 16.5. The molecule has 4 rings (SSSR count). The average Bonchev–Trinajstić information content (AvgIpc) is 3.14. The molecule has 0 amide bonds. The van der Waals surface area contributed by atoms with Crippen LogP contribution in [0.5, 0.6) is 0 Å². The van der Waals surface area contributed by atoms with Crippen LogP contribution in [0.4, 0.5) is 5.69 Å². The highest BCUT2D eigenvalue weighted by Gasteiger charge is 2.43. The van der Waals surface area contributed by atoms with Crippen molar-refractivity contribution >= 4 is 5.69 Å².